The number of rotatable bonds is 5. The number of carbonyl (C=O) groups excluding carboxylic acids is 2. The highest BCUT2D eigenvalue weighted by Gasteiger charge is 2.48. The minimum absolute atomic E-state index is 0.101. The number of ether oxygens (including phenoxy) is 1. The fourth-order valence-electron chi connectivity index (χ4n) is 5.54. The molecule has 0 spiro atoms. The van der Waals surface area contributed by atoms with Crippen molar-refractivity contribution >= 4 is 22.9 Å². The molecule has 5 rings (SSSR count). The van der Waals surface area contributed by atoms with E-state index in [-0.39, 0.29) is 17.9 Å². The van der Waals surface area contributed by atoms with E-state index < -0.39 is 5.54 Å². The highest BCUT2D eigenvalue weighted by atomic mass is 16.5. The number of hydrogen-bond donors (Lipinski definition) is 1. The molecule has 1 saturated carbocycles. The number of amides is 2. The summed E-state index contributed by atoms with van der Waals surface area (Å²) >= 11 is 0. The molecule has 2 aliphatic rings. The average Bonchev–Trinajstić information content (AvgIpc) is 3.42. The Kier molecular flexibility index (Phi) is 5.66. The molecule has 7 nitrogen and oxygen atoms in total. The Labute approximate surface area is 200 Å². The largest absolute Gasteiger partial charge is 0.497 e. The normalized spacial score (nSPS) is 27.0. The first kappa shape index (κ1) is 22.6. The smallest absolute Gasteiger partial charge is 0.271 e. The van der Waals surface area contributed by atoms with Crippen LogP contribution in [0.25, 0.3) is 11.1 Å². The lowest BCUT2D eigenvalue weighted by atomic mass is 9.77. The van der Waals surface area contributed by atoms with Crippen molar-refractivity contribution in [3.8, 4) is 5.75 Å². The van der Waals surface area contributed by atoms with E-state index in [0.717, 1.165) is 29.7 Å². The van der Waals surface area contributed by atoms with Crippen molar-refractivity contribution in [1.29, 1.82) is 0 Å². The number of fused-ring (bicyclic) bond motifs is 3. The van der Waals surface area contributed by atoms with Crippen LogP contribution >= 0.6 is 0 Å². The monoisotopic (exact) mass is 463 g/mol. The molecule has 0 radical (unpaired) electrons. The Morgan fingerprint density at radius 1 is 1.21 bits per heavy atom. The van der Waals surface area contributed by atoms with Gasteiger partial charge < -0.3 is 23.9 Å². The van der Waals surface area contributed by atoms with Crippen LogP contribution in [0.3, 0.4) is 0 Å². The molecule has 34 heavy (non-hydrogen) atoms. The van der Waals surface area contributed by atoms with Gasteiger partial charge in [0.1, 0.15) is 17.0 Å². The Morgan fingerprint density at radius 2 is 1.97 bits per heavy atom. The van der Waals surface area contributed by atoms with Crippen LogP contribution in [-0.2, 0) is 17.9 Å². The molecule has 7 heteroatoms. The van der Waals surface area contributed by atoms with Crippen molar-refractivity contribution in [2.75, 3.05) is 7.11 Å². The summed E-state index contributed by atoms with van der Waals surface area (Å²) < 4.78 is 12.8. The van der Waals surface area contributed by atoms with Crippen molar-refractivity contribution in [2.45, 2.75) is 64.7 Å². The Balaban J connectivity index is 1.51. The first-order chi connectivity index (χ1) is 16.3. The lowest BCUT2D eigenvalue weighted by Gasteiger charge is -2.45. The molecule has 4 atom stereocenters. The van der Waals surface area contributed by atoms with Gasteiger partial charge in [-0.25, -0.2) is 0 Å². The van der Waals surface area contributed by atoms with Crippen molar-refractivity contribution in [2.24, 2.45) is 11.8 Å². The van der Waals surface area contributed by atoms with Crippen LogP contribution in [0.4, 0.5) is 0 Å². The van der Waals surface area contributed by atoms with E-state index in [1.807, 2.05) is 41.8 Å². The predicted octanol–water partition coefficient (Wildman–Crippen LogP) is 4.60. The number of aromatic nitrogens is 1. The molecule has 1 fully saturated rings. The fourth-order valence-corrected chi connectivity index (χ4v) is 5.54. The van der Waals surface area contributed by atoms with Gasteiger partial charge >= 0.3 is 0 Å². The van der Waals surface area contributed by atoms with Gasteiger partial charge in [-0.3, -0.25) is 9.59 Å². The van der Waals surface area contributed by atoms with Gasteiger partial charge in [0.25, 0.3) is 5.91 Å². The van der Waals surface area contributed by atoms with E-state index in [1.165, 1.54) is 6.42 Å². The SMILES string of the molecule is COc1ccc(CN2C(=O)c3cc4occc4n3C[C@]2(C)C(=O)N[C@@H]2CCC[C@H](C)[C@@H]2C)cc1. The maximum atomic E-state index is 13.9. The van der Waals surface area contributed by atoms with Gasteiger partial charge in [0.05, 0.1) is 25.4 Å². The van der Waals surface area contributed by atoms with Crippen molar-refractivity contribution in [3.05, 3.63) is 53.9 Å². The van der Waals surface area contributed by atoms with Crippen LogP contribution in [0.15, 0.2) is 47.1 Å². The van der Waals surface area contributed by atoms with Crippen LogP contribution in [0.5, 0.6) is 5.75 Å². The Bertz CT molecular complexity index is 1210. The molecule has 1 aromatic carbocycles. The maximum Gasteiger partial charge on any atom is 0.271 e. The van der Waals surface area contributed by atoms with Gasteiger partial charge in [0, 0.05) is 24.7 Å². The number of furan rings is 1. The van der Waals surface area contributed by atoms with Crippen LogP contribution in [0.2, 0.25) is 0 Å². The summed E-state index contributed by atoms with van der Waals surface area (Å²) in [6, 6.07) is 11.4. The topological polar surface area (TPSA) is 76.7 Å². The van der Waals surface area contributed by atoms with E-state index in [2.05, 4.69) is 19.2 Å². The summed E-state index contributed by atoms with van der Waals surface area (Å²) in [7, 11) is 1.63. The zero-order valence-corrected chi connectivity index (χ0v) is 20.3. The molecule has 1 N–H and O–H groups in total. The van der Waals surface area contributed by atoms with Gasteiger partial charge in [0.2, 0.25) is 5.91 Å². The summed E-state index contributed by atoms with van der Waals surface area (Å²) in [6.45, 7) is 7.06. The Hall–Kier alpha value is -3.22. The number of hydrogen-bond acceptors (Lipinski definition) is 4. The van der Waals surface area contributed by atoms with E-state index in [9.17, 15) is 9.59 Å². The fraction of sp³-hybridized carbons (Fsp3) is 0.481. The predicted molar refractivity (Wildman–Crippen MR) is 130 cm³/mol. The minimum Gasteiger partial charge on any atom is -0.497 e. The molecule has 2 aromatic heterocycles. The summed E-state index contributed by atoms with van der Waals surface area (Å²) in [6.07, 6.45) is 4.90. The van der Waals surface area contributed by atoms with E-state index in [1.54, 1.807) is 24.3 Å². The maximum absolute atomic E-state index is 13.9. The minimum atomic E-state index is -1.05. The van der Waals surface area contributed by atoms with Gasteiger partial charge in [-0.05, 0) is 42.9 Å². The van der Waals surface area contributed by atoms with E-state index in [4.69, 9.17) is 9.15 Å². The summed E-state index contributed by atoms with van der Waals surface area (Å²) in [5, 5.41) is 3.34. The first-order valence-corrected chi connectivity index (χ1v) is 12.1. The highest BCUT2D eigenvalue weighted by molar-refractivity contribution is 6.02. The molecule has 1 aliphatic heterocycles. The molecular weight excluding hydrogens is 430 g/mol. The average molecular weight is 464 g/mol. The van der Waals surface area contributed by atoms with Crippen molar-refractivity contribution in [3.63, 3.8) is 0 Å². The number of carbonyl (C=O) groups is 2. The molecule has 0 unspecified atom stereocenters. The standard InChI is InChI=1S/C27H33N3O4/c1-17-6-5-7-21(18(17)2)28-26(32)27(3)16-29-22-12-13-34-24(22)14-23(29)25(31)30(27)15-19-8-10-20(33-4)11-9-19/h8-14,17-18,21H,5-7,15-16H2,1-4H3,(H,28,32)/t17-,18-,21+,27+/m0/s1. The molecule has 3 heterocycles. The van der Waals surface area contributed by atoms with Gasteiger partial charge in [0.15, 0.2) is 5.58 Å². The quantitative estimate of drug-likeness (QED) is 0.600. The van der Waals surface area contributed by atoms with E-state index in [0.29, 0.717) is 36.2 Å². The summed E-state index contributed by atoms with van der Waals surface area (Å²) in [4.78, 5) is 29.4. The second-order valence-corrected chi connectivity index (χ2v) is 10.1. The zero-order chi connectivity index (χ0) is 24.0. The molecular formula is C27H33N3O4. The highest BCUT2D eigenvalue weighted by Crippen LogP contribution is 2.35. The first-order valence-electron chi connectivity index (χ1n) is 12.1. The molecule has 0 saturated heterocycles. The van der Waals surface area contributed by atoms with Crippen LogP contribution in [-0.4, -0.2) is 40.0 Å². The molecule has 1 aliphatic carbocycles. The third kappa shape index (κ3) is 3.67. The van der Waals surface area contributed by atoms with Crippen molar-refractivity contribution in [1.82, 2.24) is 14.8 Å². The lowest BCUT2D eigenvalue weighted by Crippen LogP contribution is -2.65. The molecule has 2 amide bonds. The zero-order valence-electron chi connectivity index (χ0n) is 20.3. The number of benzene rings is 1. The molecule has 3 aromatic rings. The van der Waals surface area contributed by atoms with Crippen LogP contribution < -0.4 is 10.1 Å². The molecule has 180 valence electrons. The third-order valence-corrected chi connectivity index (χ3v) is 8.06. The van der Waals surface area contributed by atoms with Gasteiger partial charge in [-0.1, -0.05) is 38.8 Å². The van der Waals surface area contributed by atoms with Crippen molar-refractivity contribution < 1.29 is 18.7 Å². The van der Waals surface area contributed by atoms with Gasteiger partial charge in [-0.15, -0.1) is 0 Å². The molecule has 0 bridgehead atoms. The second-order valence-electron chi connectivity index (χ2n) is 10.1. The third-order valence-electron chi connectivity index (χ3n) is 8.06. The van der Waals surface area contributed by atoms with Crippen LogP contribution in [0, 0.1) is 11.8 Å². The number of methoxy groups -OCH3 is 1. The summed E-state index contributed by atoms with van der Waals surface area (Å²) in [5.41, 5.74) is 1.94. The second kappa shape index (κ2) is 8.53. The number of nitrogens with one attached hydrogen (secondary N) is 1. The van der Waals surface area contributed by atoms with Gasteiger partial charge in [-0.2, -0.15) is 0 Å². The number of nitrogens with zero attached hydrogens (tertiary/aromatic N) is 2. The summed E-state index contributed by atoms with van der Waals surface area (Å²) in [5.74, 6) is 1.45. The van der Waals surface area contributed by atoms with E-state index >= 15 is 0 Å². The Morgan fingerprint density at radius 3 is 2.71 bits per heavy atom. The van der Waals surface area contributed by atoms with Crippen LogP contribution in [0.1, 0.15) is 56.1 Å². The lowest BCUT2D eigenvalue weighted by molar-refractivity contribution is -0.134.